The van der Waals surface area contributed by atoms with Crippen molar-refractivity contribution in [2.24, 2.45) is 11.3 Å². The van der Waals surface area contributed by atoms with Crippen LogP contribution in [0.1, 0.15) is 77.3 Å². The Morgan fingerprint density at radius 2 is 1.62 bits per heavy atom. The number of carbonyl (C=O) groups is 5. The van der Waals surface area contributed by atoms with E-state index in [2.05, 4.69) is 10.6 Å². The number of rotatable bonds is 8. The van der Waals surface area contributed by atoms with Gasteiger partial charge in [0.15, 0.2) is 11.5 Å². The maximum atomic E-state index is 14.2. The van der Waals surface area contributed by atoms with Crippen molar-refractivity contribution in [2.75, 3.05) is 27.1 Å². The summed E-state index contributed by atoms with van der Waals surface area (Å²) in [6.45, 7) is 8.00. The summed E-state index contributed by atoms with van der Waals surface area (Å²) in [7, 11) is 1.23. The van der Waals surface area contributed by atoms with E-state index in [1.165, 1.54) is 16.9 Å². The monoisotopic (exact) mass is 658 g/mol. The van der Waals surface area contributed by atoms with Gasteiger partial charge >= 0.3 is 18.2 Å². The molecule has 0 spiro atoms. The number of benzene rings is 1. The van der Waals surface area contributed by atoms with Crippen LogP contribution in [-0.4, -0.2) is 91.1 Å². The number of nitrogens with one attached hydrogen (secondary N) is 2. The summed E-state index contributed by atoms with van der Waals surface area (Å²) >= 11 is 0. The topological polar surface area (TPSA) is 162 Å². The molecule has 2 N–H and O–H groups in total. The van der Waals surface area contributed by atoms with Crippen LogP contribution >= 0.6 is 0 Å². The van der Waals surface area contributed by atoms with Crippen LogP contribution in [0, 0.1) is 11.3 Å². The smallest absolute Gasteiger partial charge is 0.410 e. The van der Waals surface area contributed by atoms with Crippen molar-refractivity contribution in [1.82, 2.24) is 20.4 Å². The van der Waals surface area contributed by atoms with Gasteiger partial charge in [-0.3, -0.25) is 14.5 Å². The van der Waals surface area contributed by atoms with Gasteiger partial charge in [-0.05, 0) is 54.4 Å². The first-order valence-corrected chi connectivity index (χ1v) is 16.4. The molecule has 47 heavy (non-hydrogen) atoms. The van der Waals surface area contributed by atoms with Crippen LogP contribution < -0.4 is 20.1 Å². The lowest BCUT2D eigenvalue weighted by Gasteiger charge is -2.37. The van der Waals surface area contributed by atoms with Gasteiger partial charge in [0.2, 0.25) is 18.6 Å². The zero-order chi connectivity index (χ0) is 33.9. The van der Waals surface area contributed by atoms with E-state index in [4.69, 9.17) is 23.7 Å². The molecule has 0 unspecified atom stereocenters. The summed E-state index contributed by atoms with van der Waals surface area (Å²) in [4.78, 5) is 69.5. The number of hydrogen-bond acceptors (Lipinski definition) is 10. The summed E-state index contributed by atoms with van der Waals surface area (Å²) in [5.41, 5.74) is 1.07. The molecular formula is C33H46N4O10. The summed E-state index contributed by atoms with van der Waals surface area (Å²) in [5, 5.41) is 5.61. The van der Waals surface area contributed by atoms with Crippen LogP contribution in [0.5, 0.6) is 11.5 Å². The molecule has 14 nitrogen and oxygen atoms in total. The molecule has 1 aromatic carbocycles. The number of methoxy groups -OCH3 is 1. The average molecular weight is 659 g/mol. The van der Waals surface area contributed by atoms with Crippen molar-refractivity contribution in [3.63, 3.8) is 0 Å². The molecule has 3 aliphatic heterocycles. The van der Waals surface area contributed by atoms with Crippen LogP contribution in [-0.2, 0) is 41.7 Å². The number of nitrogens with zero attached hydrogens (tertiary/aromatic N) is 2. The number of amides is 4. The molecule has 4 atom stereocenters. The second-order valence-corrected chi connectivity index (χ2v) is 13.6. The highest BCUT2D eigenvalue weighted by Gasteiger charge is 2.47. The predicted molar refractivity (Wildman–Crippen MR) is 166 cm³/mol. The molecule has 1 saturated heterocycles. The van der Waals surface area contributed by atoms with Crippen LogP contribution in [0.25, 0.3) is 0 Å². The Hall–Kier alpha value is -4.23. The van der Waals surface area contributed by atoms with E-state index in [1.54, 1.807) is 6.92 Å². The molecular weight excluding hydrogens is 612 g/mol. The molecule has 1 aliphatic carbocycles. The molecule has 1 aromatic rings. The average Bonchev–Trinajstić information content (AvgIpc) is 3.78. The number of likely N-dealkylation sites (tertiary alicyclic amines) is 1. The first-order valence-electron chi connectivity index (χ1n) is 16.4. The van der Waals surface area contributed by atoms with E-state index < -0.39 is 59.6 Å². The minimum Gasteiger partial charge on any atom is -0.467 e. The van der Waals surface area contributed by atoms with Gasteiger partial charge in [-0.15, -0.1) is 0 Å². The second kappa shape index (κ2) is 14.3. The van der Waals surface area contributed by atoms with Gasteiger partial charge < -0.3 is 39.2 Å². The Bertz CT molecular complexity index is 1340. The predicted octanol–water partition coefficient (Wildman–Crippen LogP) is 3.24. The lowest BCUT2D eigenvalue weighted by Crippen LogP contribution is -2.61. The Labute approximate surface area is 274 Å². The molecule has 1 saturated carbocycles. The van der Waals surface area contributed by atoms with E-state index in [1.807, 2.05) is 32.9 Å². The third-order valence-corrected chi connectivity index (χ3v) is 9.31. The molecule has 4 amide bonds. The van der Waals surface area contributed by atoms with Crippen LogP contribution in [0.2, 0.25) is 0 Å². The quantitative estimate of drug-likeness (QED) is 0.313. The SMILES string of the molecule is CCOC(=O)N[C@H](C(=O)N[C@H](C(=O)N1C[C@H](OC(=O)N2Cc3cc4c(cc3C2)OCO4)C[C@H]1C(=O)OC)C(C)(C)C)C1CCCCC1. The van der Waals surface area contributed by atoms with Crippen molar-refractivity contribution in [3.05, 3.63) is 23.3 Å². The summed E-state index contributed by atoms with van der Waals surface area (Å²) in [6, 6.07) is 0.740. The largest absolute Gasteiger partial charge is 0.467 e. The van der Waals surface area contributed by atoms with Crippen molar-refractivity contribution in [1.29, 1.82) is 0 Å². The molecule has 258 valence electrons. The van der Waals surface area contributed by atoms with Gasteiger partial charge in [0, 0.05) is 19.5 Å². The minimum atomic E-state index is -1.06. The third kappa shape index (κ3) is 7.68. The third-order valence-electron chi connectivity index (χ3n) is 9.31. The van der Waals surface area contributed by atoms with Gasteiger partial charge in [0.25, 0.3) is 0 Å². The van der Waals surface area contributed by atoms with Crippen LogP contribution in [0.4, 0.5) is 9.59 Å². The number of fused-ring (bicyclic) bond motifs is 2. The van der Waals surface area contributed by atoms with Crippen molar-refractivity contribution in [2.45, 2.75) is 104 Å². The molecule has 0 aromatic heterocycles. The Morgan fingerprint density at radius 1 is 0.979 bits per heavy atom. The van der Waals surface area contributed by atoms with Crippen molar-refractivity contribution in [3.8, 4) is 11.5 Å². The van der Waals surface area contributed by atoms with E-state index in [0.29, 0.717) is 24.6 Å². The summed E-state index contributed by atoms with van der Waals surface area (Å²) < 4.78 is 26.8. The zero-order valence-electron chi connectivity index (χ0n) is 27.8. The summed E-state index contributed by atoms with van der Waals surface area (Å²) in [6.07, 6.45) is 2.43. The zero-order valence-corrected chi connectivity index (χ0v) is 27.8. The molecule has 0 radical (unpaired) electrons. The fourth-order valence-electron chi connectivity index (χ4n) is 6.83. The van der Waals surface area contributed by atoms with Crippen molar-refractivity contribution >= 4 is 30.0 Å². The normalized spacial score (nSPS) is 21.8. The van der Waals surface area contributed by atoms with E-state index in [0.717, 1.165) is 43.2 Å². The fourth-order valence-corrected chi connectivity index (χ4v) is 6.83. The maximum absolute atomic E-state index is 14.2. The van der Waals surface area contributed by atoms with Gasteiger partial charge in [-0.1, -0.05) is 40.0 Å². The first kappa shape index (κ1) is 34.1. The molecule has 3 heterocycles. The molecule has 5 rings (SSSR count). The Kier molecular flexibility index (Phi) is 10.4. The van der Waals surface area contributed by atoms with Gasteiger partial charge in [0.1, 0.15) is 24.2 Å². The molecule has 2 fully saturated rings. The van der Waals surface area contributed by atoms with Crippen LogP contribution in [0.3, 0.4) is 0 Å². The number of hydrogen-bond donors (Lipinski definition) is 2. The number of esters is 1. The first-order chi connectivity index (χ1) is 22.4. The van der Waals surface area contributed by atoms with Crippen LogP contribution in [0.15, 0.2) is 12.1 Å². The highest BCUT2D eigenvalue weighted by atomic mass is 16.7. The van der Waals surface area contributed by atoms with Gasteiger partial charge in [-0.25, -0.2) is 14.4 Å². The number of alkyl carbamates (subject to hydrolysis) is 1. The standard InChI is InChI=1S/C33H46N4O10/c1-6-44-31(41)34-26(19-10-8-7-9-11-19)28(38)35-27(33(2,3)4)29(39)37-17-22(14-23(37)30(40)43-5)47-32(42)36-15-20-12-24-25(46-18-45-24)13-21(20)16-36/h12-13,19,22-23,26-27H,6-11,14-18H2,1-5H3,(H,34,41)(H,35,38)/t22-,23+,26+,27-/m1/s1. The van der Waals surface area contributed by atoms with Gasteiger partial charge in [0.05, 0.1) is 20.3 Å². The number of carbonyl (C=O) groups excluding carboxylic acids is 5. The fraction of sp³-hybridized carbons (Fsp3) is 0.667. The second-order valence-electron chi connectivity index (χ2n) is 13.6. The maximum Gasteiger partial charge on any atom is 0.410 e. The molecule has 14 heteroatoms. The highest BCUT2D eigenvalue weighted by molar-refractivity contribution is 5.94. The lowest BCUT2D eigenvalue weighted by molar-refractivity contribution is -0.153. The van der Waals surface area contributed by atoms with Gasteiger partial charge in [-0.2, -0.15) is 0 Å². The number of ether oxygens (including phenoxy) is 5. The van der Waals surface area contributed by atoms with E-state index >= 15 is 0 Å². The molecule has 4 aliphatic rings. The minimum absolute atomic E-state index is 0.0425. The summed E-state index contributed by atoms with van der Waals surface area (Å²) in [5.74, 6) is -0.506. The highest BCUT2D eigenvalue weighted by Crippen LogP contribution is 2.38. The molecule has 0 bridgehead atoms. The lowest BCUT2D eigenvalue weighted by atomic mass is 9.82. The Morgan fingerprint density at radius 3 is 2.19 bits per heavy atom. The Balaban J connectivity index is 1.28. The van der Waals surface area contributed by atoms with Crippen molar-refractivity contribution < 1.29 is 47.7 Å². The van der Waals surface area contributed by atoms with E-state index in [9.17, 15) is 24.0 Å². The van der Waals surface area contributed by atoms with E-state index in [-0.39, 0.29) is 32.3 Å².